The lowest BCUT2D eigenvalue weighted by atomic mass is 10.3. The molecule has 9 heteroatoms. The number of carboxylic acid groups (broad SMARTS) is 1. The fourth-order valence-corrected chi connectivity index (χ4v) is 2.55. The summed E-state index contributed by atoms with van der Waals surface area (Å²) in [6, 6.07) is 3.03. The zero-order valence-electron chi connectivity index (χ0n) is 10.5. The van der Waals surface area contributed by atoms with Crippen LogP contribution in [0, 0.1) is 0 Å². The van der Waals surface area contributed by atoms with Crippen molar-refractivity contribution < 1.29 is 9.90 Å². The molecule has 7 nitrogen and oxygen atoms in total. The second-order valence-corrected chi connectivity index (χ2v) is 5.24. The Balaban J connectivity index is 2.33. The van der Waals surface area contributed by atoms with Crippen LogP contribution < -0.4 is 5.69 Å². The molecular weight excluding hydrogens is 304 g/mol. The van der Waals surface area contributed by atoms with Gasteiger partial charge in [-0.15, -0.1) is 5.10 Å². The third-order valence-electron chi connectivity index (χ3n) is 2.39. The average molecular weight is 315 g/mol. The number of carbonyl (C=O) groups is 1. The van der Waals surface area contributed by atoms with Gasteiger partial charge in [0.05, 0.1) is 5.02 Å². The molecule has 2 aromatic rings. The molecule has 0 amide bonds. The van der Waals surface area contributed by atoms with Crippen molar-refractivity contribution in [1.82, 2.24) is 19.7 Å². The van der Waals surface area contributed by atoms with E-state index in [9.17, 15) is 9.59 Å². The molecule has 2 N–H and O–H groups in total. The highest BCUT2D eigenvalue weighted by molar-refractivity contribution is 7.99. The van der Waals surface area contributed by atoms with E-state index in [0.29, 0.717) is 16.7 Å². The van der Waals surface area contributed by atoms with Crippen LogP contribution in [-0.2, 0) is 6.54 Å². The van der Waals surface area contributed by atoms with Gasteiger partial charge in [-0.2, -0.15) is 0 Å². The van der Waals surface area contributed by atoms with Gasteiger partial charge in [-0.3, -0.25) is 4.57 Å². The lowest BCUT2D eigenvalue weighted by Crippen LogP contribution is -2.17. The van der Waals surface area contributed by atoms with Gasteiger partial charge in [0.25, 0.3) is 0 Å². The SMILES string of the molecule is CCCn1c(Sc2ccc(Cl)c(C(=O)O)n2)n[nH]c1=O. The minimum absolute atomic E-state index is 0.0647. The maximum absolute atomic E-state index is 11.5. The lowest BCUT2D eigenvalue weighted by Gasteiger charge is -2.04. The fraction of sp³-hybridized carbons (Fsp3) is 0.273. The molecule has 0 unspecified atom stereocenters. The first kappa shape index (κ1) is 14.6. The minimum Gasteiger partial charge on any atom is -0.476 e. The molecule has 0 saturated heterocycles. The molecule has 2 aromatic heterocycles. The van der Waals surface area contributed by atoms with E-state index in [1.165, 1.54) is 10.6 Å². The number of aromatic amines is 1. The molecule has 2 rings (SSSR count). The molecule has 0 aromatic carbocycles. The summed E-state index contributed by atoms with van der Waals surface area (Å²) in [5.74, 6) is -1.20. The van der Waals surface area contributed by atoms with Gasteiger partial charge >= 0.3 is 11.7 Å². The Bertz CT molecular complexity index is 697. The Morgan fingerprint density at radius 2 is 2.30 bits per heavy atom. The summed E-state index contributed by atoms with van der Waals surface area (Å²) in [6.45, 7) is 2.47. The Morgan fingerprint density at radius 1 is 1.55 bits per heavy atom. The number of hydrogen-bond acceptors (Lipinski definition) is 5. The van der Waals surface area contributed by atoms with Crippen LogP contribution in [-0.4, -0.2) is 30.8 Å². The standard InChI is InChI=1S/C11H11ClN4O3S/c1-2-5-16-10(19)14-15-11(16)20-7-4-3-6(12)8(13-7)9(17)18/h3-4H,2,5H2,1H3,(H,14,19)(H,17,18). The molecule has 0 radical (unpaired) electrons. The molecule has 106 valence electrons. The molecular formula is C11H11ClN4O3S. The Morgan fingerprint density at radius 3 is 2.95 bits per heavy atom. The fourth-order valence-electron chi connectivity index (χ4n) is 1.53. The summed E-state index contributed by atoms with van der Waals surface area (Å²) in [5.41, 5.74) is -0.529. The van der Waals surface area contributed by atoms with Crippen molar-refractivity contribution in [2.45, 2.75) is 30.1 Å². The number of halogens is 1. The van der Waals surface area contributed by atoms with E-state index in [4.69, 9.17) is 16.7 Å². The summed E-state index contributed by atoms with van der Waals surface area (Å²) in [6.07, 6.45) is 0.779. The number of rotatable bonds is 5. The first-order valence-electron chi connectivity index (χ1n) is 5.75. The van der Waals surface area contributed by atoms with Crippen molar-refractivity contribution in [2.24, 2.45) is 0 Å². The van der Waals surface area contributed by atoms with Gasteiger partial charge in [0, 0.05) is 6.54 Å². The number of pyridine rings is 1. The third-order valence-corrected chi connectivity index (χ3v) is 3.63. The zero-order valence-corrected chi connectivity index (χ0v) is 12.0. The molecule has 0 saturated carbocycles. The van der Waals surface area contributed by atoms with Crippen molar-refractivity contribution >= 4 is 29.3 Å². The topological polar surface area (TPSA) is 101 Å². The summed E-state index contributed by atoms with van der Waals surface area (Å²) in [4.78, 5) is 26.5. The van der Waals surface area contributed by atoms with Crippen molar-refractivity contribution in [2.75, 3.05) is 0 Å². The van der Waals surface area contributed by atoms with Gasteiger partial charge < -0.3 is 5.11 Å². The monoisotopic (exact) mass is 314 g/mol. The number of H-pyrrole nitrogens is 1. The maximum Gasteiger partial charge on any atom is 0.356 e. The lowest BCUT2D eigenvalue weighted by molar-refractivity contribution is 0.0690. The van der Waals surface area contributed by atoms with E-state index in [2.05, 4.69) is 15.2 Å². The number of carboxylic acids is 1. The number of nitrogens with zero attached hydrogens (tertiary/aromatic N) is 3. The maximum atomic E-state index is 11.5. The summed E-state index contributed by atoms with van der Waals surface area (Å²) < 4.78 is 1.47. The molecule has 20 heavy (non-hydrogen) atoms. The minimum atomic E-state index is -1.20. The second kappa shape index (κ2) is 6.10. The quantitative estimate of drug-likeness (QED) is 0.873. The van der Waals surface area contributed by atoms with Gasteiger partial charge in [0.2, 0.25) is 0 Å². The van der Waals surface area contributed by atoms with E-state index in [0.717, 1.165) is 18.2 Å². The van der Waals surface area contributed by atoms with Crippen molar-refractivity contribution in [3.05, 3.63) is 33.3 Å². The van der Waals surface area contributed by atoms with Gasteiger partial charge in [0.1, 0.15) is 5.03 Å². The van der Waals surface area contributed by atoms with Crippen LogP contribution in [0.1, 0.15) is 23.8 Å². The smallest absolute Gasteiger partial charge is 0.356 e. The molecule has 0 aliphatic heterocycles. The number of aromatic nitrogens is 4. The highest BCUT2D eigenvalue weighted by Gasteiger charge is 2.14. The summed E-state index contributed by atoms with van der Waals surface area (Å²) in [7, 11) is 0. The van der Waals surface area contributed by atoms with E-state index in [1.807, 2.05) is 6.92 Å². The first-order valence-corrected chi connectivity index (χ1v) is 6.95. The van der Waals surface area contributed by atoms with Crippen LogP contribution in [0.3, 0.4) is 0 Å². The van der Waals surface area contributed by atoms with Crippen molar-refractivity contribution in [1.29, 1.82) is 0 Å². The summed E-state index contributed by atoms with van der Waals surface area (Å²) in [5, 5.41) is 16.1. The summed E-state index contributed by atoms with van der Waals surface area (Å²) >= 11 is 6.85. The Labute approximate surface area is 123 Å². The first-order chi connectivity index (χ1) is 9.52. The van der Waals surface area contributed by atoms with Gasteiger partial charge in [-0.25, -0.2) is 19.7 Å². The molecule has 0 fully saturated rings. The van der Waals surface area contributed by atoms with Crippen LogP contribution in [0.2, 0.25) is 5.02 Å². The molecule has 0 aliphatic rings. The van der Waals surface area contributed by atoms with Gasteiger partial charge in [0.15, 0.2) is 10.9 Å². The molecule has 0 atom stereocenters. The van der Waals surface area contributed by atoms with E-state index in [-0.39, 0.29) is 16.4 Å². The van der Waals surface area contributed by atoms with Crippen LogP contribution in [0.4, 0.5) is 0 Å². The second-order valence-electron chi connectivity index (χ2n) is 3.85. The zero-order chi connectivity index (χ0) is 14.7. The molecule has 0 spiro atoms. The van der Waals surface area contributed by atoms with Crippen molar-refractivity contribution in [3.8, 4) is 0 Å². The van der Waals surface area contributed by atoms with Crippen LogP contribution in [0.5, 0.6) is 0 Å². The number of hydrogen-bond donors (Lipinski definition) is 2. The van der Waals surface area contributed by atoms with Gasteiger partial charge in [-0.05, 0) is 30.3 Å². The predicted molar refractivity (Wildman–Crippen MR) is 73.5 cm³/mol. The number of nitrogens with one attached hydrogen (secondary N) is 1. The van der Waals surface area contributed by atoms with Crippen LogP contribution in [0.25, 0.3) is 0 Å². The normalized spacial score (nSPS) is 10.7. The molecule has 0 bridgehead atoms. The third kappa shape index (κ3) is 3.02. The average Bonchev–Trinajstić information content (AvgIpc) is 2.74. The van der Waals surface area contributed by atoms with Crippen LogP contribution >= 0.6 is 23.4 Å². The molecule has 0 aliphatic carbocycles. The molecule has 2 heterocycles. The highest BCUT2D eigenvalue weighted by Crippen LogP contribution is 2.26. The number of aromatic carboxylic acids is 1. The Hall–Kier alpha value is -1.80. The van der Waals surface area contributed by atoms with Crippen LogP contribution in [0.15, 0.2) is 27.1 Å². The highest BCUT2D eigenvalue weighted by atomic mass is 35.5. The van der Waals surface area contributed by atoms with Gasteiger partial charge in [-0.1, -0.05) is 18.5 Å². The largest absolute Gasteiger partial charge is 0.476 e. The Kier molecular flexibility index (Phi) is 4.46. The van der Waals surface area contributed by atoms with E-state index in [1.54, 1.807) is 6.07 Å². The van der Waals surface area contributed by atoms with E-state index < -0.39 is 5.97 Å². The van der Waals surface area contributed by atoms with E-state index >= 15 is 0 Å². The predicted octanol–water partition coefficient (Wildman–Crippen LogP) is 1.88. The van der Waals surface area contributed by atoms with Crippen molar-refractivity contribution in [3.63, 3.8) is 0 Å².